The van der Waals surface area contributed by atoms with Crippen LogP contribution in [-0.2, 0) is 25.7 Å². The monoisotopic (exact) mass is 402 g/mol. The topological polar surface area (TPSA) is 85.3 Å². The van der Waals surface area contributed by atoms with Crippen molar-refractivity contribution in [3.63, 3.8) is 0 Å². The molecule has 0 spiro atoms. The second-order valence-corrected chi connectivity index (χ2v) is 8.06. The van der Waals surface area contributed by atoms with Crippen LogP contribution in [0, 0.1) is 6.92 Å². The van der Waals surface area contributed by atoms with Crippen LogP contribution in [0.1, 0.15) is 24.0 Å². The number of ether oxygens (including phenoxy) is 1. The van der Waals surface area contributed by atoms with Crippen molar-refractivity contribution in [2.45, 2.75) is 31.3 Å². The summed E-state index contributed by atoms with van der Waals surface area (Å²) in [6.07, 6.45) is 0.476. The van der Waals surface area contributed by atoms with Crippen molar-refractivity contribution in [3.05, 3.63) is 65.7 Å². The van der Waals surface area contributed by atoms with E-state index in [2.05, 4.69) is 5.16 Å². The highest BCUT2D eigenvalue weighted by molar-refractivity contribution is 7.86. The Morgan fingerprint density at radius 2 is 1.68 bits per heavy atom. The first kappa shape index (κ1) is 19.9. The summed E-state index contributed by atoms with van der Waals surface area (Å²) in [7, 11) is -3.94. The van der Waals surface area contributed by atoms with E-state index < -0.39 is 16.2 Å². The molecule has 1 aliphatic heterocycles. The molecule has 0 unspecified atom stereocenters. The molecule has 0 bridgehead atoms. The van der Waals surface area contributed by atoms with Gasteiger partial charge in [-0.1, -0.05) is 53.2 Å². The molecule has 8 heteroatoms. The number of amides is 1. The van der Waals surface area contributed by atoms with Crippen molar-refractivity contribution in [1.82, 2.24) is 4.90 Å². The van der Waals surface area contributed by atoms with Gasteiger partial charge in [-0.25, -0.2) is 4.79 Å². The van der Waals surface area contributed by atoms with Gasteiger partial charge in [0.15, 0.2) is 0 Å². The van der Waals surface area contributed by atoms with E-state index in [4.69, 9.17) is 9.02 Å². The predicted octanol–water partition coefficient (Wildman–Crippen LogP) is 3.49. The van der Waals surface area contributed by atoms with Gasteiger partial charge in [0.1, 0.15) is 11.5 Å². The second kappa shape index (κ2) is 8.88. The van der Waals surface area contributed by atoms with Gasteiger partial charge in [0.05, 0.1) is 5.71 Å². The molecule has 1 saturated heterocycles. The van der Waals surface area contributed by atoms with Crippen LogP contribution in [-0.4, -0.2) is 38.2 Å². The quantitative estimate of drug-likeness (QED) is 0.715. The molecule has 2 aromatic rings. The lowest BCUT2D eigenvalue weighted by atomic mass is 10.1. The number of benzene rings is 2. The Morgan fingerprint density at radius 1 is 1.04 bits per heavy atom. The van der Waals surface area contributed by atoms with Gasteiger partial charge < -0.3 is 9.64 Å². The molecule has 0 saturated carbocycles. The third-order valence-corrected chi connectivity index (χ3v) is 5.50. The summed E-state index contributed by atoms with van der Waals surface area (Å²) in [4.78, 5) is 13.8. The number of carbonyl (C=O) groups excluding carboxylic acids is 1. The van der Waals surface area contributed by atoms with Crippen LogP contribution in [0.2, 0.25) is 0 Å². The number of piperidine rings is 1. The Balaban J connectivity index is 1.49. The van der Waals surface area contributed by atoms with Crippen molar-refractivity contribution < 1.29 is 22.2 Å². The second-order valence-electron chi connectivity index (χ2n) is 6.53. The summed E-state index contributed by atoms with van der Waals surface area (Å²) >= 11 is 0. The lowest BCUT2D eigenvalue weighted by Gasteiger charge is -2.26. The summed E-state index contributed by atoms with van der Waals surface area (Å²) < 4.78 is 34.5. The highest BCUT2D eigenvalue weighted by Crippen LogP contribution is 2.16. The third-order valence-electron chi connectivity index (χ3n) is 4.38. The molecule has 0 radical (unpaired) electrons. The van der Waals surface area contributed by atoms with Crippen LogP contribution < -0.4 is 0 Å². The van der Waals surface area contributed by atoms with Gasteiger partial charge in [-0.05, 0) is 24.6 Å². The van der Waals surface area contributed by atoms with E-state index in [-0.39, 0.29) is 11.5 Å². The summed E-state index contributed by atoms with van der Waals surface area (Å²) in [6, 6.07) is 15.8. The van der Waals surface area contributed by atoms with Crippen molar-refractivity contribution >= 4 is 21.9 Å². The zero-order valence-corrected chi connectivity index (χ0v) is 16.4. The lowest BCUT2D eigenvalue weighted by molar-refractivity contribution is 0.0958. The van der Waals surface area contributed by atoms with E-state index in [9.17, 15) is 13.2 Å². The Bertz CT molecular complexity index is 930. The summed E-state index contributed by atoms with van der Waals surface area (Å²) in [6.45, 7) is 2.89. The Morgan fingerprint density at radius 3 is 2.32 bits per heavy atom. The first-order valence-corrected chi connectivity index (χ1v) is 10.4. The van der Waals surface area contributed by atoms with Gasteiger partial charge in [-0.3, -0.25) is 4.28 Å². The minimum absolute atomic E-state index is 0.0596. The standard InChI is InChI=1S/C20H22N2O5S/c1-16-7-9-19(10-8-16)28(24,25)27-21-18-11-13-22(14-12-18)20(23)26-15-17-5-3-2-4-6-17/h2-10H,11-15H2,1H3. The summed E-state index contributed by atoms with van der Waals surface area (Å²) in [5, 5.41) is 3.79. The third kappa shape index (κ3) is 5.32. The molecule has 0 aliphatic carbocycles. The van der Waals surface area contributed by atoms with E-state index in [1.54, 1.807) is 17.0 Å². The van der Waals surface area contributed by atoms with Crippen LogP contribution in [0.4, 0.5) is 4.79 Å². The predicted molar refractivity (Wildman–Crippen MR) is 104 cm³/mol. The number of oxime groups is 1. The average Bonchev–Trinajstić information content (AvgIpc) is 2.72. The molecule has 1 amide bonds. The van der Waals surface area contributed by atoms with Gasteiger partial charge in [0, 0.05) is 25.9 Å². The zero-order valence-electron chi connectivity index (χ0n) is 15.6. The molecule has 0 N–H and O–H groups in total. The van der Waals surface area contributed by atoms with Crippen molar-refractivity contribution in [1.29, 1.82) is 0 Å². The van der Waals surface area contributed by atoms with E-state index in [1.807, 2.05) is 37.3 Å². The van der Waals surface area contributed by atoms with E-state index in [0.717, 1.165) is 11.1 Å². The van der Waals surface area contributed by atoms with E-state index >= 15 is 0 Å². The maximum Gasteiger partial charge on any atom is 0.410 e. The number of rotatable bonds is 5. The molecule has 0 atom stereocenters. The summed E-state index contributed by atoms with van der Waals surface area (Å²) in [5.74, 6) is 0. The molecule has 3 rings (SSSR count). The molecule has 1 aliphatic rings. The molecule has 148 valence electrons. The molecule has 2 aromatic carbocycles. The molecule has 28 heavy (non-hydrogen) atoms. The lowest BCUT2D eigenvalue weighted by Crippen LogP contribution is -2.39. The maximum atomic E-state index is 12.2. The normalized spacial score (nSPS) is 14.5. The number of hydrogen-bond acceptors (Lipinski definition) is 6. The van der Waals surface area contributed by atoms with Gasteiger partial charge in [0.2, 0.25) is 0 Å². The minimum atomic E-state index is -3.94. The fourth-order valence-corrected chi connectivity index (χ4v) is 3.46. The number of likely N-dealkylation sites (tertiary alicyclic amines) is 1. The van der Waals surface area contributed by atoms with Crippen LogP contribution in [0.25, 0.3) is 0 Å². The van der Waals surface area contributed by atoms with Crippen molar-refractivity contribution in [3.8, 4) is 0 Å². The number of nitrogens with zero attached hydrogens (tertiary/aromatic N) is 2. The maximum absolute atomic E-state index is 12.2. The number of aryl methyl sites for hydroxylation is 1. The van der Waals surface area contributed by atoms with Crippen molar-refractivity contribution in [2.24, 2.45) is 5.16 Å². The Kier molecular flexibility index (Phi) is 6.30. The van der Waals surface area contributed by atoms with Crippen LogP contribution in [0.5, 0.6) is 0 Å². The Hall–Kier alpha value is -2.87. The van der Waals surface area contributed by atoms with Gasteiger partial charge >= 0.3 is 16.2 Å². The largest absolute Gasteiger partial charge is 0.445 e. The molecule has 7 nitrogen and oxygen atoms in total. The fraction of sp³-hybridized carbons (Fsp3) is 0.300. The molecule has 1 heterocycles. The molecular weight excluding hydrogens is 380 g/mol. The van der Waals surface area contributed by atoms with Crippen molar-refractivity contribution in [2.75, 3.05) is 13.1 Å². The smallest absolute Gasteiger partial charge is 0.410 e. The first-order valence-electron chi connectivity index (χ1n) is 8.96. The van der Waals surface area contributed by atoms with Gasteiger partial charge in [-0.2, -0.15) is 8.42 Å². The Labute approximate surface area is 164 Å². The zero-order chi connectivity index (χ0) is 20.0. The molecular formula is C20H22N2O5S. The fourth-order valence-electron chi connectivity index (χ4n) is 2.70. The highest BCUT2D eigenvalue weighted by Gasteiger charge is 2.22. The SMILES string of the molecule is Cc1ccc(S(=O)(=O)ON=C2CCN(C(=O)OCc3ccccc3)CC2)cc1. The first-order chi connectivity index (χ1) is 13.4. The number of hydrogen-bond donors (Lipinski definition) is 0. The van der Waals surface area contributed by atoms with Gasteiger partial charge in [0.25, 0.3) is 0 Å². The van der Waals surface area contributed by atoms with Crippen LogP contribution in [0.15, 0.2) is 64.6 Å². The number of carbonyl (C=O) groups is 1. The van der Waals surface area contributed by atoms with E-state index in [1.165, 1.54) is 12.1 Å². The van der Waals surface area contributed by atoms with Gasteiger partial charge in [-0.15, -0.1) is 0 Å². The minimum Gasteiger partial charge on any atom is -0.445 e. The van der Waals surface area contributed by atoms with Crippen LogP contribution >= 0.6 is 0 Å². The molecule has 0 aromatic heterocycles. The summed E-state index contributed by atoms with van der Waals surface area (Å²) in [5.41, 5.74) is 2.48. The molecule has 1 fully saturated rings. The average molecular weight is 402 g/mol. The van der Waals surface area contributed by atoms with E-state index in [0.29, 0.717) is 31.6 Å². The highest BCUT2D eigenvalue weighted by atomic mass is 32.2. The van der Waals surface area contributed by atoms with Crippen LogP contribution in [0.3, 0.4) is 0 Å².